The van der Waals surface area contributed by atoms with Crippen LogP contribution < -0.4 is 0 Å². The maximum atomic E-state index is 3.90. The zero-order valence-electron chi connectivity index (χ0n) is 7.72. The number of rotatable bonds is 4. The van der Waals surface area contributed by atoms with Gasteiger partial charge in [-0.25, -0.2) is 0 Å². The average Bonchev–Trinajstić information content (AvgIpc) is 2.00. The second-order valence-electron chi connectivity index (χ2n) is 2.88. The maximum absolute atomic E-state index is 3.90. The van der Waals surface area contributed by atoms with E-state index >= 15 is 0 Å². The van der Waals surface area contributed by atoms with Gasteiger partial charge in [0, 0.05) is 18.8 Å². The highest BCUT2D eigenvalue weighted by molar-refractivity contribution is 5.32. The van der Waals surface area contributed by atoms with Gasteiger partial charge in [-0.3, -0.25) is 0 Å². The molecule has 0 spiro atoms. The number of likely N-dealkylation sites (N-methyl/N-ethyl adjacent to an activating group) is 1. The van der Waals surface area contributed by atoms with E-state index in [9.17, 15) is 0 Å². The Balaban J connectivity index is 4.25. The van der Waals surface area contributed by atoms with E-state index in [1.54, 1.807) is 6.08 Å². The van der Waals surface area contributed by atoms with E-state index < -0.39 is 0 Å². The molecule has 0 aromatic carbocycles. The minimum absolute atomic E-state index is 0.458. The fraction of sp³-hybridized carbons (Fsp3) is 0.400. The van der Waals surface area contributed by atoms with Crippen LogP contribution >= 0.6 is 0 Å². The highest BCUT2D eigenvalue weighted by atomic mass is 15.1. The van der Waals surface area contributed by atoms with E-state index in [4.69, 9.17) is 0 Å². The summed E-state index contributed by atoms with van der Waals surface area (Å²) in [6.07, 6.45) is 1.72. The van der Waals surface area contributed by atoms with Gasteiger partial charge in [0.1, 0.15) is 0 Å². The Labute approximate surface area is 69.7 Å². The van der Waals surface area contributed by atoms with Gasteiger partial charge < -0.3 is 4.90 Å². The summed E-state index contributed by atoms with van der Waals surface area (Å²) in [5.74, 6) is 0. The quantitative estimate of drug-likeness (QED) is 0.558. The van der Waals surface area contributed by atoms with E-state index in [1.807, 2.05) is 7.05 Å². The molecule has 0 aliphatic carbocycles. The molecule has 0 N–H and O–H groups in total. The van der Waals surface area contributed by atoms with Crippen LogP contribution in [0.4, 0.5) is 0 Å². The lowest BCUT2D eigenvalue weighted by atomic mass is 10.2. The van der Waals surface area contributed by atoms with Gasteiger partial charge in [0.05, 0.1) is 0 Å². The zero-order valence-corrected chi connectivity index (χ0v) is 7.72. The van der Waals surface area contributed by atoms with Crippen LogP contribution in [-0.2, 0) is 0 Å². The zero-order chi connectivity index (χ0) is 9.02. The van der Waals surface area contributed by atoms with E-state index in [0.717, 1.165) is 11.3 Å². The van der Waals surface area contributed by atoms with E-state index in [2.05, 4.69) is 38.5 Å². The van der Waals surface area contributed by atoms with Crippen LogP contribution in [0.25, 0.3) is 0 Å². The normalized spacial score (nSPS) is 9.45. The van der Waals surface area contributed by atoms with Gasteiger partial charge >= 0.3 is 0 Å². The molecule has 1 heteroatoms. The van der Waals surface area contributed by atoms with Crippen molar-refractivity contribution in [2.24, 2.45) is 0 Å². The minimum Gasteiger partial charge on any atom is -0.372 e. The molecule has 0 aliphatic rings. The summed E-state index contributed by atoms with van der Waals surface area (Å²) in [5.41, 5.74) is 1.83. The van der Waals surface area contributed by atoms with Crippen molar-refractivity contribution in [1.82, 2.24) is 4.90 Å². The molecule has 0 aliphatic heterocycles. The molecular formula is C10H17N. The number of nitrogens with zero attached hydrogens (tertiary/aromatic N) is 1. The first-order valence-corrected chi connectivity index (χ1v) is 3.74. The van der Waals surface area contributed by atoms with E-state index in [1.165, 1.54) is 0 Å². The summed E-state index contributed by atoms with van der Waals surface area (Å²) in [4.78, 5) is 2.07. The molecule has 0 aromatic rings. The Kier molecular flexibility index (Phi) is 3.66. The van der Waals surface area contributed by atoms with Crippen LogP contribution in [0.15, 0.2) is 37.1 Å². The van der Waals surface area contributed by atoms with Crippen molar-refractivity contribution in [2.75, 3.05) is 7.05 Å². The summed E-state index contributed by atoms with van der Waals surface area (Å²) < 4.78 is 0. The van der Waals surface area contributed by atoms with Crippen molar-refractivity contribution in [3.8, 4) is 0 Å². The molecule has 0 amide bonds. The standard InChI is InChI=1S/C10H17N/c1-7-9(4)10(5)11(6)8(2)3/h7-8H,1,4-5H2,2-3,6H3. The predicted molar refractivity (Wildman–Crippen MR) is 51.4 cm³/mol. The first-order chi connectivity index (χ1) is 5.00. The molecule has 0 unspecified atom stereocenters. The lowest BCUT2D eigenvalue weighted by molar-refractivity contribution is 0.353. The lowest BCUT2D eigenvalue weighted by Gasteiger charge is -2.26. The van der Waals surface area contributed by atoms with Gasteiger partial charge in [-0.2, -0.15) is 0 Å². The fourth-order valence-electron chi connectivity index (χ4n) is 0.656. The first kappa shape index (κ1) is 10.0. The van der Waals surface area contributed by atoms with Crippen molar-refractivity contribution in [3.63, 3.8) is 0 Å². The smallest absolute Gasteiger partial charge is 0.0360 e. The molecule has 0 heterocycles. The SMILES string of the molecule is C=CC(=C)C(=C)N(C)C(C)C. The molecule has 0 radical (unpaired) electrons. The Morgan fingerprint density at radius 1 is 1.36 bits per heavy atom. The highest BCUT2D eigenvalue weighted by Crippen LogP contribution is 2.12. The van der Waals surface area contributed by atoms with Crippen molar-refractivity contribution < 1.29 is 0 Å². The van der Waals surface area contributed by atoms with Crippen LogP contribution in [0.3, 0.4) is 0 Å². The molecule has 11 heavy (non-hydrogen) atoms. The maximum Gasteiger partial charge on any atom is 0.0360 e. The Morgan fingerprint density at radius 2 is 1.82 bits per heavy atom. The molecule has 0 bridgehead atoms. The van der Waals surface area contributed by atoms with Gasteiger partial charge in [-0.15, -0.1) is 0 Å². The summed E-state index contributed by atoms with van der Waals surface area (Å²) >= 11 is 0. The number of hydrogen-bond donors (Lipinski definition) is 0. The van der Waals surface area contributed by atoms with Gasteiger partial charge in [0.25, 0.3) is 0 Å². The van der Waals surface area contributed by atoms with Crippen LogP contribution in [0.5, 0.6) is 0 Å². The van der Waals surface area contributed by atoms with E-state index in [-0.39, 0.29) is 0 Å². The van der Waals surface area contributed by atoms with Crippen LogP contribution in [0.1, 0.15) is 13.8 Å². The highest BCUT2D eigenvalue weighted by Gasteiger charge is 2.05. The monoisotopic (exact) mass is 151 g/mol. The molecular weight excluding hydrogens is 134 g/mol. The third kappa shape index (κ3) is 2.62. The molecule has 0 rings (SSSR count). The molecule has 0 fully saturated rings. The Bertz CT molecular complexity index is 177. The first-order valence-electron chi connectivity index (χ1n) is 3.74. The molecule has 1 nitrogen and oxygen atoms in total. The van der Waals surface area contributed by atoms with Crippen molar-refractivity contribution in [3.05, 3.63) is 37.1 Å². The predicted octanol–water partition coefficient (Wildman–Crippen LogP) is 2.58. The summed E-state index contributed by atoms with van der Waals surface area (Å²) in [6.45, 7) is 15.6. The van der Waals surface area contributed by atoms with Crippen molar-refractivity contribution in [2.45, 2.75) is 19.9 Å². The largest absolute Gasteiger partial charge is 0.372 e. The molecule has 62 valence electrons. The topological polar surface area (TPSA) is 3.24 Å². The molecule has 0 atom stereocenters. The molecule has 0 saturated carbocycles. The second-order valence-corrected chi connectivity index (χ2v) is 2.88. The summed E-state index contributed by atoms with van der Waals surface area (Å²) in [7, 11) is 2.00. The summed E-state index contributed by atoms with van der Waals surface area (Å²) in [5, 5.41) is 0. The fourth-order valence-corrected chi connectivity index (χ4v) is 0.656. The van der Waals surface area contributed by atoms with Crippen molar-refractivity contribution in [1.29, 1.82) is 0 Å². The molecule has 0 saturated heterocycles. The van der Waals surface area contributed by atoms with Crippen LogP contribution in [0.2, 0.25) is 0 Å². The van der Waals surface area contributed by atoms with Gasteiger partial charge in [-0.05, 0) is 19.4 Å². The van der Waals surface area contributed by atoms with Gasteiger partial charge in [-0.1, -0.05) is 25.8 Å². The van der Waals surface area contributed by atoms with Crippen LogP contribution in [0, 0.1) is 0 Å². The minimum atomic E-state index is 0.458. The average molecular weight is 151 g/mol. The van der Waals surface area contributed by atoms with Crippen molar-refractivity contribution >= 4 is 0 Å². The van der Waals surface area contributed by atoms with Gasteiger partial charge in [0.2, 0.25) is 0 Å². The van der Waals surface area contributed by atoms with Gasteiger partial charge in [0.15, 0.2) is 0 Å². The third-order valence-electron chi connectivity index (χ3n) is 1.82. The number of hydrogen-bond acceptors (Lipinski definition) is 1. The van der Waals surface area contributed by atoms with Crippen LogP contribution in [-0.4, -0.2) is 18.0 Å². The third-order valence-corrected chi connectivity index (χ3v) is 1.82. The Hall–Kier alpha value is -0.980. The Morgan fingerprint density at radius 3 is 2.09 bits per heavy atom. The van der Waals surface area contributed by atoms with E-state index in [0.29, 0.717) is 6.04 Å². The lowest BCUT2D eigenvalue weighted by Crippen LogP contribution is -2.25. The number of allylic oxidation sites excluding steroid dienone is 1. The second kappa shape index (κ2) is 4.02. The molecule has 0 aromatic heterocycles. The summed E-state index contributed by atoms with van der Waals surface area (Å²) in [6, 6.07) is 0.458.